The zero-order chi connectivity index (χ0) is 22.6. The van der Waals surface area contributed by atoms with Gasteiger partial charge in [0.05, 0.1) is 11.4 Å². The Balaban J connectivity index is 1.88. The van der Waals surface area contributed by atoms with Gasteiger partial charge in [-0.15, -0.1) is 0 Å². The first-order chi connectivity index (χ1) is 14.6. The van der Waals surface area contributed by atoms with Crippen LogP contribution in [0.1, 0.15) is 22.3 Å². The van der Waals surface area contributed by atoms with Gasteiger partial charge in [0.2, 0.25) is 15.9 Å². The van der Waals surface area contributed by atoms with Gasteiger partial charge in [-0.2, -0.15) is 4.31 Å². The summed E-state index contributed by atoms with van der Waals surface area (Å²) in [6.07, 6.45) is 0. The van der Waals surface area contributed by atoms with E-state index >= 15 is 0 Å². The van der Waals surface area contributed by atoms with E-state index in [2.05, 4.69) is 5.32 Å². The first kappa shape index (κ1) is 22.7. The molecule has 0 saturated heterocycles. The predicted octanol–water partition coefficient (Wildman–Crippen LogP) is 4.58. The summed E-state index contributed by atoms with van der Waals surface area (Å²) in [6, 6.07) is 17.6. The Morgan fingerprint density at radius 2 is 1.52 bits per heavy atom. The van der Waals surface area contributed by atoms with E-state index in [-0.39, 0.29) is 18.0 Å². The monoisotopic (exact) mass is 440 g/mol. The van der Waals surface area contributed by atoms with Gasteiger partial charge in [-0.3, -0.25) is 4.79 Å². The van der Waals surface area contributed by atoms with Crippen LogP contribution in [0.5, 0.6) is 0 Å². The SMILES string of the molecule is Cc1ccc(S(=O)(=O)N(CC(=O)Nc2ccc(C)cc2C)Cc2ccc(F)cc2)cc1. The van der Waals surface area contributed by atoms with E-state index in [4.69, 9.17) is 0 Å². The van der Waals surface area contributed by atoms with Crippen molar-refractivity contribution in [3.63, 3.8) is 0 Å². The van der Waals surface area contributed by atoms with Gasteiger partial charge in [-0.25, -0.2) is 12.8 Å². The maximum absolute atomic E-state index is 13.3. The summed E-state index contributed by atoms with van der Waals surface area (Å²) in [7, 11) is -3.95. The number of nitrogens with one attached hydrogen (secondary N) is 1. The number of carbonyl (C=O) groups excluding carboxylic acids is 1. The van der Waals surface area contributed by atoms with E-state index < -0.39 is 21.7 Å². The summed E-state index contributed by atoms with van der Waals surface area (Å²) in [5.41, 5.74) is 4.09. The Bertz CT molecular complexity index is 1170. The van der Waals surface area contributed by atoms with Gasteiger partial charge in [-0.05, 0) is 62.2 Å². The molecule has 1 amide bonds. The molecule has 0 aromatic heterocycles. The minimum atomic E-state index is -3.95. The van der Waals surface area contributed by atoms with Crippen LogP contribution >= 0.6 is 0 Å². The van der Waals surface area contributed by atoms with Gasteiger partial charge in [0.1, 0.15) is 5.82 Å². The molecule has 0 fully saturated rings. The van der Waals surface area contributed by atoms with Crippen LogP contribution in [-0.4, -0.2) is 25.2 Å². The minimum Gasteiger partial charge on any atom is -0.325 e. The number of hydrogen-bond donors (Lipinski definition) is 1. The molecule has 162 valence electrons. The van der Waals surface area contributed by atoms with E-state index in [1.165, 1.54) is 36.4 Å². The highest BCUT2D eigenvalue weighted by Crippen LogP contribution is 2.21. The summed E-state index contributed by atoms with van der Waals surface area (Å²) in [4.78, 5) is 12.9. The van der Waals surface area contributed by atoms with E-state index in [0.717, 1.165) is 21.0 Å². The molecule has 1 N–H and O–H groups in total. The quantitative estimate of drug-likeness (QED) is 0.585. The van der Waals surface area contributed by atoms with Gasteiger partial charge < -0.3 is 5.32 Å². The lowest BCUT2D eigenvalue weighted by atomic mass is 10.1. The molecule has 0 atom stereocenters. The van der Waals surface area contributed by atoms with Crippen LogP contribution in [0.25, 0.3) is 0 Å². The zero-order valence-corrected chi connectivity index (χ0v) is 18.5. The zero-order valence-electron chi connectivity index (χ0n) is 17.7. The van der Waals surface area contributed by atoms with Crippen molar-refractivity contribution in [2.75, 3.05) is 11.9 Å². The Hall–Kier alpha value is -3.03. The maximum Gasteiger partial charge on any atom is 0.243 e. The molecule has 3 aromatic carbocycles. The number of hydrogen-bond acceptors (Lipinski definition) is 3. The number of halogens is 1. The van der Waals surface area contributed by atoms with Gasteiger partial charge >= 0.3 is 0 Å². The Labute approximate surface area is 182 Å². The average molecular weight is 441 g/mol. The van der Waals surface area contributed by atoms with Crippen molar-refractivity contribution in [3.8, 4) is 0 Å². The molecular formula is C24H25FN2O3S. The molecule has 0 unspecified atom stereocenters. The highest BCUT2D eigenvalue weighted by Gasteiger charge is 2.27. The lowest BCUT2D eigenvalue weighted by molar-refractivity contribution is -0.116. The third-order valence-electron chi connectivity index (χ3n) is 4.91. The molecule has 0 aliphatic carbocycles. The lowest BCUT2D eigenvalue weighted by Gasteiger charge is -2.22. The highest BCUT2D eigenvalue weighted by atomic mass is 32.2. The molecule has 0 spiro atoms. The molecule has 0 aliphatic heterocycles. The molecule has 0 bridgehead atoms. The summed E-state index contributed by atoms with van der Waals surface area (Å²) in [5, 5.41) is 2.79. The number of anilines is 1. The molecule has 31 heavy (non-hydrogen) atoms. The van der Waals surface area contributed by atoms with Crippen molar-refractivity contribution in [1.29, 1.82) is 0 Å². The lowest BCUT2D eigenvalue weighted by Crippen LogP contribution is -2.37. The molecular weight excluding hydrogens is 415 g/mol. The van der Waals surface area contributed by atoms with Crippen LogP contribution < -0.4 is 5.32 Å². The smallest absolute Gasteiger partial charge is 0.243 e. The van der Waals surface area contributed by atoms with Crippen LogP contribution in [-0.2, 0) is 21.4 Å². The Kier molecular flexibility index (Phi) is 6.87. The second kappa shape index (κ2) is 9.41. The van der Waals surface area contributed by atoms with Crippen molar-refractivity contribution in [2.24, 2.45) is 0 Å². The molecule has 5 nitrogen and oxygen atoms in total. The van der Waals surface area contributed by atoms with E-state index in [0.29, 0.717) is 11.3 Å². The number of sulfonamides is 1. The number of benzene rings is 3. The third-order valence-corrected chi connectivity index (χ3v) is 6.71. The van der Waals surface area contributed by atoms with Crippen LogP contribution in [0.4, 0.5) is 10.1 Å². The van der Waals surface area contributed by atoms with Crippen LogP contribution in [0.15, 0.2) is 71.6 Å². The van der Waals surface area contributed by atoms with Crippen molar-refractivity contribution in [2.45, 2.75) is 32.2 Å². The average Bonchev–Trinajstić information content (AvgIpc) is 2.71. The minimum absolute atomic E-state index is 0.0587. The first-order valence-electron chi connectivity index (χ1n) is 9.83. The predicted molar refractivity (Wildman–Crippen MR) is 120 cm³/mol. The van der Waals surface area contributed by atoms with Crippen LogP contribution in [0, 0.1) is 26.6 Å². The second-order valence-electron chi connectivity index (χ2n) is 7.58. The van der Waals surface area contributed by atoms with Crippen molar-refractivity contribution < 1.29 is 17.6 Å². The fourth-order valence-electron chi connectivity index (χ4n) is 3.18. The van der Waals surface area contributed by atoms with E-state index in [9.17, 15) is 17.6 Å². The number of carbonyl (C=O) groups is 1. The first-order valence-corrected chi connectivity index (χ1v) is 11.3. The van der Waals surface area contributed by atoms with Crippen LogP contribution in [0.2, 0.25) is 0 Å². The van der Waals surface area contributed by atoms with Gasteiger partial charge in [0.25, 0.3) is 0 Å². The van der Waals surface area contributed by atoms with Gasteiger partial charge in [0.15, 0.2) is 0 Å². The number of aryl methyl sites for hydroxylation is 3. The van der Waals surface area contributed by atoms with E-state index in [1.807, 2.05) is 32.9 Å². The molecule has 3 aromatic rings. The second-order valence-corrected chi connectivity index (χ2v) is 9.52. The molecule has 0 aliphatic rings. The summed E-state index contributed by atoms with van der Waals surface area (Å²) < 4.78 is 41.0. The van der Waals surface area contributed by atoms with Crippen LogP contribution in [0.3, 0.4) is 0 Å². The van der Waals surface area contributed by atoms with E-state index in [1.54, 1.807) is 18.2 Å². The molecule has 0 heterocycles. The maximum atomic E-state index is 13.3. The number of amides is 1. The standard InChI is InChI=1S/C24H25FN2O3S/c1-17-4-11-22(12-5-17)31(29,30)27(15-20-7-9-21(25)10-8-20)16-24(28)26-23-13-6-18(2)14-19(23)3/h4-14H,15-16H2,1-3H3,(H,26,28). The molecule has 0 saturated carbocycles. The Morgan fingerprint density at radius 3 is 2.13 bits per heavy atom. The summed E-state index contributed by atoms with van der Waals surface area (Å²) in [6.45, 7) is 5.26. The molecule has 3 rings (SSSR count). The van der Waals surface area contributed by atoms with Crippen molar-refractivity contribution in [3.05, 3.63) is 94.8 Å². The number of rotatable bonds is 7. The normalized spacial score (nSPS) is 11.5. The third kappa shape index (κ3) is 5.77. The van der Waals surface area contributed by atoms with Gasteiger partial charge in [0, 0.05) is 12.2 Å². The highest BCUT2D eigenvalue weighted by molar-refractivity contribution is 7.89. The van der Waals surface area contributed by atoms with Gasteiger partial charge in [-0.1, -0.05) is 47.5 Å². The molecule has 0 radical (unpaired) electrons. The Morgan fingerprint density at radius 1 is 0.903 bits per heavy atom. The fourth-order valence-corrected chi connectivity index (χ4v) is 4.57. The fraction of sp³-hybridized carbons (Fsp3) is 0.208. The number of nitrogens with zero attached hydrogens (tertiary/aromatic N) is 1. The topological polar surface area (TPSA) is 66.5 Å². The van der Waals surface area contributed by atoms with Crippen molar-refractivity contribution in [1.82, 2.24) is 4.31 Å². The summed E-state index contributed by atoms with van der Waals surface area (Å²) in [5.74, 6) is -0.867. The molecule has 7 heteroatoms. The summed E-state index contributed by atoms with van der Waals surface area (Å²) >= 11 is 0. The van der Waals surface area contributed by atoms with Crippen molar-refractivity contribution >= 4 is 21.6 Å². The largest absolute Gasteiger partial charge is 0.325 e.